The lowest BCUT2D eigenvalue weighted by molar-refractivity contribution is 0.527. The molecule has 1 aromatic rings. The Morgan fingerprint density at radius 2 is 1.32 bits per heavy atom. The van der Waals surface area contributed by atoms with Crippen LogP contribution in [0.15, 0.2) is 74.8 Å². The average Bonchev–Trinajstić information content (AvgIpc) is 3.50. The fourth-order valence-electron chi connectivity index (χ4n) is 4.50. The van der Waals surface area contributed by atoms with Gasteiger partial charge in [-0.05, 0) is 81.7 Å². The number of fused-ring (bicyclic) bond motifs is 6. The van der Waals surface area contributed by atoms with Gasteiger partial charge in [0.2, 0.25) is 0 Å². The third kappa shape index (κ3) is 3.93. The van der Waals surface area contributed by atoms with Crippen molar-refractivity contribution < 1.29 is 0 Å². The van der Waals surface area contributed by atoms with Gasteiger partial charge in [0, 0.05) is 46.6 Å². The Labute approximate surface area is 166 Å². The first kappa shape index (κ1) is 17.4. The lowest BCUT2D eigenvalue weighted by atomic mass is 10.0. The molecule has 8 bridgehead atoms. The molecular weight excluding hydrogens is 346 g/mol. The summed E-state index contributed by atoms with van der Waals surface area (Å²) in [5, 5.41) is 3.57. The van der Waals surface area contributed by atoms with Crippen LogP contribution in [0.3, 0.4) is 0 Å². The van der Waals surface area contributed by atoms with Crippen molar-refractivity contribution in [2.24, 2.45) is 15.0 Å². The summed E-state index contributed by atoms with van der Waals surface area (Å²) in [6.07, 6.45) is 19.3. The molecule has 6 heterocycles. The summed E-state index contributed by atoms with van der Waals surface area (Å²) in [4.78, 5) is 17.6. The second-order valence-corrected chi connectivity index (χ2v) is 8.04. The molecule has 1 saturated heterocycles. The predicted octanol–water partition coefficient (Wildman–Crippen LogP) is 4.49. The van der Waals surface area contributed by atoms with E-state index in [0.717, 1.165) is 51.4 Å². The first-order valence-corrected chi connectivity index (χ1v) is 10.5. The zero-order valence-corrected chi connectivity index (χ0v) is 16.2. The Morgan fingerprint density at radius 3 is 1.96 bits per heavy atom. The molecule has 2 atom stereocenters. The summed E-state index contributed by atoms with van der Waals surface area (Å²) in [6.45, 7) is 0. The minimum Gasteiger partial charge on any atom is -0.368 e. The molecule has 0 saturated carbocycles. The topological polar surface area (TPSA) is 64.9 Å². The number of nitrogens with one attached hydrogen (secondary N) is 2. The van der Waals surface area contributed by atoms with Crippen LogP contribution in [0.25, 0.3) is 0 Å². The predicted molar refractivity (Wildman–Crippen MR) is 115 cm³/mol. The van der Waals surface area contributed by atoms with Gasteiger partial charge in [-0.15, -0.1) is 0 Å². The van der Waals surface area contributed by atoms with Crippen molar-refractivity contribution in [3.05, 3.63) is 59.8 Å². The number of hydrogen-bond donors (Lipinski definition) is 2. The molecule has 0 radical (unpaired) electrons. The fourth-order valence-corrected chi connectivity index (χ4v) is 4.50. The quantitative estimate of drug-likeness (QED) is 0.691. The van der Waals surface area contributed by atoms with Gasteiger partial charge in [-0.2, -0.15) is 0 Å². The van der Waals surface area contributed by atoms with Gasteiger partial charge < -0.3 is 10.3 Å². The van der Waals surface area contributed by atoms with Gasteiger partial charge in [0.25, 0.3) is 0 Å². The molecule has 5 aliphatic heterocycles. The Kier molecular flexibility index (Phi) is 4.81. The van der Waals surface area contributed by atoms with Gasteiger partial charge in [0.05, 0.1) is 12.1 Å². The molecule has 144 valence electrons. The molecule has 6 rings (SSSR count). The molecule has 2 unspecified atom stereocenters. The molecule has 0 aromatic carbocycles. The molecule has 5 nitrogen and oxygen atoms in total. The van der Waals surface area contributed by atoms with Crippen molar-refractivity contribution in [3.8, 4) is 0 Å². The third-order valence-corrected chi connectivity index (χ3v) is 5.92. The van der Waals surface area contributed by atoms with Gasteiger partial charge in [0.1, 0.15) is 0 Å². The number of nitrogens with zero attached hydrogens (tertiary/aromatic N) is 3. The van der Waals surface area contributed by atoms with Gasteiger partial charge in [-0.1, -0.05) is 0 Å². The number of aromatic nitrogens is 1. The molecular formula is C23H27N5. The van der Waals surface area contributed by atoms with Gasteiger partial charge in [0.15, 0.2) is 0 Å². The summed E-state index contributed by atoms with van der Waals surface area (Å²) in [5.41, 5.74) is 7.53. The largest absolute Gasteiger partial charge is 0.368 e. The highest BCUT2D eigenvalue weighted by molar-refractivity contribution is 6.01. The number of rotatable bonds is 0. The first-order valence-electron chi connectivity index (χ1n) is 10.5. The second kappa shape index (κ2) is 7.74. The molecule has 0 amide bonds. The van der Waals surface area contributed by atoms with Gasteiger partial charge in [-0.3, -0.25) is 15.0 Å². The van der Waals surface area contributed by atoms with Crippen LogP contribution < -0.4 is 5.32 Å². The highest BCUT2D eigenvalue weighted by atomic mass is 15.0. The number of aliphatic imine (C=N–C) groups is 3. The van der Waals surface area contributed by atoms with Crippen molar-refractivity contribution in [2.45, 2.75) is 63.5 Å². The standard InChI is InChI=1S/C19H22N4.C4H5N/c1-3-14-10-16-5-7-18(22-16)19-8-6-17(23-19)11-15-4-2-13(21-15)9-12(1)20-14;1-2-4-5-3-1/h9-11,18-20H,1-8H2;1-5H. The number of hydrogen-bond acceptors (Lipinski definition) is 4. The van der Waals surface area contributed by atoms with E-state index < -0.39 is 0 Å². The van der Waals surface area contributed by atoms with Crippen molar-refractivity contribution in [1.29, 1.82) is 0 Å². The lowest BCUT2D eigenvalue weighted by Gasteiger charge is -2.11. The zero-order valence-electron chi connectivity index (χ0n) is 16.2. The van der Waals surface area contributed by atoms with E-state index in [1.54, 1.807) is 0 Å². The molecule has 2 N–H and O–H groups in total. The van der Waals surface area contributed by atoms with Crippen molar-refractivity contribution in [2.75, 3.05) is 0 Å². The van der Waals surface area contributed by atoms with E-state index in [-0.39, 0.29) is 0 Å². The molecule has 0 aliphatic carbocycles. The van der Waals surface area contributed by atoms with E-state index in [1.165, 1.54) is 34.2 Å². The lowest BCUT2D eigenvalue weighted by Crippen LogP contribution is -2.17. The fraction of sp³-hybridized carbons (Fsp3) is 0.435. The van der Waals surface area contributed by atoms with E-state index in [1.807, 2.05) is 24.5 Å². The van der Waals surface area contributed by atoms with Crippen LogP contribution in [0.2, 0.25) is 0 Å². The summed E-state index contributed by atoms with van der Waals surface area (Å²) >= 11 is 0. The third-order valence-electron chi connectivity index (χ3n) is 5.92. The Balaban J connectivity index is 0.000000300. The number of H-pyrrole nitrogens is 1. The van der Waals surface area contributed by atoms with Crippen LogP contribution in [0.4, 0.5) is 0 Å². The summed E-state index contributed by atoms with van der Waals surface area (Å²) < 4.78 is 0. The van der Waals surface area contributed by atoms with Gasteiger partial charge in [-0.25, -0.2) is 0 Å². The molecule has 1 fully saturated rings. The van der Waals surface area contributed by atoms with Crippen LogP contribution in [0.5, 0.6) is 0 Å². The Bertz CT molecular complexity index is 894. The maximum Gasteiger partial charge on any atom is 0.0730 e. The Hall–Kier alpha value is -2.69. The SMILES string of the molecule is C1=C2CCC(=N2)C=C2CCC(=CC3=NC(CC3)C3CCC1=N3)N2.c1cc[nH]c1. The molecule has 5 heteroatoms. The van der Waals surface area contributed by atoms with Crippen LogP contribution in [0, 0.1) is 0 Å². The minimum atomic E-state index is 0.387. The summed E-state index contributed by atoms with van der Waals surface area (Å²) in [7, 11) is 0. The van der Waals surface area contributed by atoms with Crippen molar-refractivity contribution >= 4 is 17.1 Å². The summed E-state index contributed by atoms with van der Waals surface area (Å²) in [5.74, 6) is 0. The van der Waals surface area contributed by atoms with E-state index in [0.29, 0.717) is 12.1 Å². The monoisotopic (exact) mass is 373 g/mol. The highest BCUT2D eigenvalue weighted by Crippen LogP contribution is 2.30. The smallest absolute Gasteiger partial charge is 0.0730 e. The van der Waals surface area contributed by atoms with Crippen LogP contribution in [-0.2, 0) is 0 Å². The van der Waals surface area contributed by atoms with Crippen molar-refractivity contribution in [1.82, 2.24) is 10.3 Å². The van der Waals surface area contributed by atoms with E-state index in [4.69, 9.17) is 15.0 Å². The van der Waals surface area contributed by atoms with Crippen LogP contribution in [-0.4, -0.2) is 34.2 Å². The molecule has 0 spiro atoms. The first-order chi connectivity index (χ1) is 13.8. The Morgan fingerprint density at radius 1 is 0.679 bits per heavy atom. The highest BCUT2D eigenvalue weighted by Gasteiger charge is 2.29. The van der Waals surface area contributed by atoms with E-state index in [9.17, 15) is 0 Å². The number of aromatic amines is 1. The number of allylic oxidation sites excluding steroid dienone is 6. The normalized spacial score (nSPS) is 27.7. The second-order valence-electron chi connectivity index (χ2n) is 8.04. The average molecular weight is 374 g/mol. The maximum atomic E-state index is 4.97. The zero-order chi connectivity index (χ0) is 18.8. The molecule has 5 aliphatic rings. The molecule has 28 heavy (non-hydrogen) atoms. The molecule has 1 aromatic heterocycles. The van der Waals surface area contributed by atoms with Crippen LogP contribution >= 0.6 is 0 Å². The van der Waals surface area contributed by atoms with Crippen molar-refractivity contribution in [3.63, 3.8) is 0 Å². The van der Waals surface area contributed by atoms with E-state index >= 15 is 0 Å². The van der Waals surface area contributed by atoms with Gasteiger partial charge >= 0.3 is 0 Å². The van der Waals surface area contributed by atoms with E-state index in [2.05, 4.69) is 28.5 Å². The maximum absolute atomic E-state index is 4.97. The summed E-state index contributed by atoms with van der Waals surface area (Å²) in [6, 6.07) is 4.67. The minimum absolute atomic E-state index is 0.387. The van der Waals surface area contributed by atoms with Crippen LogP contribution in [0.1, 0.15) is 51.4 Å².